The van der Waals surface area contributed by atoms with Crippen LogP contribution in [-0.4, -0.2) is 58.0 Å². The van der Waals surface area contributed by atoms with Gasteiger partial charge in [-0.3, -0.25) is 9.69 Å². The van der Waals surface area contributed by atoms with E-state index in [4.69, 9.17) is 9.26 Å². The zero-order valence-corrected chi connectivity index (χ0v) is 17.8. The monoisotopic (exact) mass is 405 g/mol. The average Bonchev–Trinajstić information content (AvgIpc) is 3.15. The number of carbonyl (C=O) groups is 1. The minimum Gasteiger partial charge on any atom is -0.388 e. The van der Waals surface area contributed by atoms with Crippen molar-refractivity contribution >= 4 is 5.91 Å². The van der Waals surface area contributed by atoms with Crippen LogP contribution in [0.2, 0.25) is 0 Å². The van der Waals surface area contributed by atoms with Gasteiger partial charge in [-0.2, -0.15) is 0 Å². The van der Waals surface area contributed by atoms with Crippen molar-refractivity contribution in [1.29, 1.82) is 0 Å². The predicted octanol–water partition coefficient (Wildman–Crippen LogP) is 2.73. The molecule has 1 amide bonds. The number of carbonyl (C=O) groups excluding carboxylic acids is 1. The molecule has 1 aromatic rings. The summed E-state index contributed by atoms with van der Waals surface area (Å²) in [5.41, 5.74) is -0.126. The Morgan fingerprint density at radius 2 is 2.03 bits per heavy atom. The van der Waals surface area contributed by atoms with Gasteiger partial charge in [0.05, 0.1) is 36.1 Å². The van der Waals surface area contributed by atoms with E-state index in [1.54, 1.807) is 0 Å². The second kappa shape index (κ2) is 8.36. The van der Waals surface area contributed by atoms with Crippen molar-refractivity contribution in [3.8, 4) is 0 Å². The molecule has 7 heteroatoms. The predicted molar refractivity (Wildman–Crippen MR) is 108 cm³/mol. The van der Waals surface area contributed by atoms with Gasteiger partial charge in [-0.25, -0.2) is 0 Å². The van der Waals surface area contributed by atoms with E-state index in [0.29, 0.717) is 18.9 Å². The van der Waals surface area contributed by atoms with Crippen molar-refractivity contribution in [1.82, 2.24) is 15.4 Å². The van der Waals surface area contributed by atoms with Crippen molar-refractivity contribution in [3.63, 3.8) is 0 Å². The zero-order valence-electron chi connectivity index (χ0n) is 17.8. The molecule has 3 fully saturated rings. The molecule has 3 aliphatic rings. The second-order valence-electron chi connectivity index (χ2n) is 9.61. The molecule has 0 aromatic carbocycles. The molecule has 0 bridgehead atoms. The lowest BCUT2D eigenvalue weighted by Gasteiger charge is -2.51. The Kier molecular flexibility index (Phi) is 6.00. The molecule has 0 radical (unpaired) electrons. The largest absolute Gasteiger partial charge is 0.388 e. The number of rotatable bonds is 4. The summed E-state index contributed by atoms with van der Waals surface area (Å²) in [4.78, 5) is 13.8. The maximum absolute atomic E-state index is 11.4. The number of nitrogens with one attached hydrogen (secondary N) is 1. The quantitative estimate of drug-likeness (QED) is 0.801. The number of hydrogen-bond donors (Lipinski definition) is 2. The SMILES string of the molecule is CC(=O)N[C@H]1COC2(CCN(Cc3cc(C4CCCCC4)no3)CC2)C[C@]1(C)O. The Morgan fingerprint density at radius 3 is 2.69 bits per heavy atom. The molecule has 0 unspecified atom stereocenters. The lowest BCUT2D eigenvalue weighted by molar-refractivity contribution is -0.189. The fourth-order valence-electron chi connectivity index (χ4n) is 5.36. The summed E-state index contributed by atoms with van der Waals surface area (Å²) >= 11 is 0. The molecule has 4 rings (SSSR count). The van der Waals surface area contributed by atoms with Gasteiger partial charge in [0.2, 0.25) is 5.91 Å². The van der Waals surface area contributed by atoms with Crippen molar-refractivity contribution in [2.24, 2.45) is 0 Å². The number of amides is 1. The maximum atomic E-state index is 11.4. The maximum Gasteiger partial charge on any atom is 0.217 e. The molecule has 3 heterocycles. The summed E-state index contributed by atoms with van der Waals surface area (Å²) in [6.45, 7) is 6.23. The molecule has 1 aliphatic carbocycles. The lowest BCUT2D eigenvalue weighted by Crippen LogP contribution is -2.63. The number of aliphatic hydroxyl groups is 1. The summed E-state index contributed by atoms with van der Waals surface area (Å²) < 4.78 is 11.8. The van der Waals surface area contributed by atoms with E-state index in [2.05, 4.69) is 21.4 Å². The van der Waals surface area contributed by atoms with E-state index in [9.17, 15) is 9.90 Å². The third-order valence-electron chi connectivity index (χ3n) is 7.11. The summed E-state index contributed by atoms with van der Waals surface area (Å²) in [5.74, 6) is 1.38. The van der Waals surface area contributed by atoms with Crippen LogP contribution in [0.5, 0.6) is 0 Å². The highest BCUT2D eigenvalue weighted by Crippen LogP contribution is 2.40. The van der Waals surface area contributed by atoms with Gasteiger partial charge in [0, 0.05) is 38.4 Å². The normalized spacial score (nSPS) is 31.1. The van der Waals surface area contributed by atoms with Crippen LogP contribution in [0.15, 0.2) is 10.6 Å². The van der Waals surface area contributed by atoms with Crippen LogP contribution in [0.4, 0.5) is 0 Å². The molecular weight excluding hydrogens is 370 g/mol. The smallest absolute Gasteiger partial charge is 0.217 e. The van der Waals surface area contributed by atoms with Crippen LogP contribution in [-0.2, 0) is 16.1 Å². The number of nitrogens with zero attached hydrogens (tertiary/aromatic N) is 2. The molecule has 2 N–H and O–H groups in total. The van der Waals surface area contributed by atoms with Crippen molar-refractivity contribution in [3.05, 3.63) is 17.5 Å². The first-order valence-corrected chi connectivity index (χ1v) is 11.2. The first kappa shape index (κ1) is 20.8. The van der Waals surface area contributed by atoms with Gasteiger partial charge >= 0.3 is 0 Å². The number of aromatic nitrogens is 1. The van der Waals surface area contributed by atoms with Gasteiger partial charge in [-0.15, -0.1) is 0 Å². The molecule has 2 atom stereocenters. The van der Waals surface area contributed by atoms with Crippen LogP contribution >= 0.6 is 0 Å². The Morgan fingerprint density at radius 1 is 1.31 bits per heavy atom. The average molecular weight is 406 g/mol. The third-order valence-corrected chi connectivity index (χ3v) is 7.11. The van der Waals surface area contributed by atoms with Gasteiger partial charge in [-0.1, -0.05) is 24.4 Å². The van der Waals surface area contributed by atoms with Crippen LogP contribution in [0, 0.1) is 0 Å². The highest BCUT2D eigenvalue weighted by atomic mass is 16.5. The number of likely N-dealkylation sites (tertiary alicyclic amines) is 1. The number of hydrogen-bond acceptors (Lipinski definition) is 6. The fourth-order valence-corrected chi connectivity index (χ4v) is 5.36. The van der Waals surface area contributed by atoms with Gasteiger partial charge in [0.1, 0.15) is 0 Å². The molecule has 1 saturated carbocycles. The minimum absolute atomic E-state index is 0.135. The van der Waals surface area contributed by atoms with Crippen LogP contribution in [0.25, 0.3) is 0 Å². The van der Waals surface area contributed by atoms with E-state index in [1.807, 2.05) is 6.92 Å². The molecule has 29 heavy (non-hydrogen) atoms. The number of piperidine rings is 1. The van der Waals surface area contributed by atoms with E-state index >= 15 is 0 Å². The second-order valence-corrected chi connectivity index (χ2v) is 9.61. The van der Waals surface area contributed by atoms with Crippen LogP contribution < -0.4 is 5.32 Å². The summed E-state index contributed by atoms with van der Waals surface area (Å²) in [5, 5.41) is 18.1. The van der Waals surface area contributed by atoms with Gasteiger partial charge in [-0.05, 0) is 32.6 Å². The molecule has 1 aromatic heterocycles. The highest BCUT2D eigenvalue weighted by Gasteiger charge is 2.49. The van der Waals surface area contributed by atoms with Gasteiger partial charge in [0.25, 0.3) is 0 Å². The van der Waals surface area contributed by atoms with Gasteiger partial charge in [0.15, 0.2) is 5.76 Å². The molecular formula is C22H35N3O4. The van der Waals surface area contributed by atoms with E-state index in [0.717, 1.165) is 43.9 Å². The van der Waals surface area contributed by atoms with Crippen LogP contribution in [0.3, 0.4) is 0 Å². The highest BCUT2D eigenvalue weighted by molar-refractivity contribution is 5.73. The summed E-state index contributed by atoms with van der Waals surface area (Å²) in [6, 6.07) is 1.80. The van der Waals surface area contributed by atoms with E-state index < -0.39 is 5.60 Å². The first-order chi connectivity index (χ1) is 13.9. The van der Waals surface area contributed by atoms with E-state index in [1.165, 1.54) is 39.0 Å². The molecule has 162 valence electrons. The third kappa shape index (κ3) is 4.84. The molecule has 7 nitrogen and oxygen atoms in total. The summed E-state index contributed by atoms with van der Waals surface area (Å²) in [6.07, 6.45) is 8.70. The fraction of sp³-hybridized carbons (Fsp3) is 0.818. The van der Waals surface area contributed by atoms with Gasteiger partial charge < -0.3 is 19.7 Å². The van der Waals surface area contributed by atoms with E-state index in [-0.39, 0.29) is 17.6 Å². The summed E-state index contributed by atoms with van der Waals surface area (Å²) in [7, 11) is 0. The first-order valence-electron chi connectivity index (χ1n) is 11.2. The Labute approximate surface area is 173 Å². The van der Waals surface area contributed by atoms with Crippen molar-refractivity contribution in [2.45, 2.75) is 94.9 Å². The Balaban J connectivity index is 1.30. The Hall–Kier alpha value is -1.44. The van der Waals surface area contributed by atoms with Crippen molar-refractivity contribution in [2.75, 3.05) is 19.7 Å². The van der Waals surface area contributed by atoms with Crippen LogP contribution in [0.1, 0.15) is 82.6 Å². The zero-order chi connectivity index (χ0) is 20.5. The standard InChI is InChI=1S/C22H35N3O4/c1-16(26)23-20-14-28-22(15-21(20,2)27)8-10-25(11-9-22)13-18-12-19(24-29-18)17-6-4-3-5-7-17/h12,17,20,27H,3-11,13-15H2,1-2H3,(H,23,26)/t20-,21-/m0/s1. The topological polar surface area (TPSA) is 87.8 Å². The van der Waals surface area contributed by atoms with Crippen molar-refractivity contribution < 1.29 is 19.2 Å². The lowest BCUT2D eigenvalue weighted by atomic mass is 9.75. The molecule has 1 spiro atoms. The Bertz CT molecular complexity index is 703. The minimum atomic E-state index is -0.952. The number of ether oxygens (including phenoxy) is 1. The molecule has 2 saturated heterocycles. The molecule has 2 aliphatic heterocycles.